The Morgan fingerprint density at radius 3 is 1.55 bits per heavy atom. The second kappa shape index (κ2) is 6.24. The van der Waals surface area contributed by atoms with Crippen molar-refractivity contribution >= 4 is 54.2 Å². The predicted molar refractivity (Wildman–Crippen MR) is 123 cm³/mol. The second-order valence-electron chi connectivity index (χ2n) is 7.53. The van der Waals surface area contributed by atoms with Gasteiger partial charge in [0.05, 0.1) is 13.2 Å². The number of epoxide rings is 2. The van der Waals surface area contributed by atoms with Gasteiger partial charge in [-0.25, -0.2) is 0 Å². The Morgan fingerprint density at radius 2 is 1.10 bits per heavy atom. The molecule has 5 heterocycles. The quantitative estimate of drug-likeness (QED) is 0.272. The summed E-state index contributed by atoms with van der Waals surface area (Å²) in [6.45, 7) is 1.66. The lowest BCUT2D eigenvalue weighted by molar-refractivity contribution is 0.417. The molecule has 7 rings (SSSR count). The minimum Gasteiger partial charge on any atom is -0.368 e. The van der Waals surface area contributed by atoms with Crippen molar-refractivity contribution in [2.75, 3.05) is 13.2 Å². The van der Waals surface area contributed by atoms with Crippen LogP contribution in [0.2, 0.25) is 0 Å². The maximum atomic E-state index is 5.72. The topological polar surface area (TPSA) is 25.1 Å². The van der Waals surface area contributed by atoms with Crippen molar-refractivity contribution in [3.63, 3.8) is 0 Å². The molecule has 0 amide bonds. The Kier molecular flexibility index (Phi) is 3.60. The fourth-order valence-electron chi connectivity index (χ4n) is 4.31. The summed E-state index contributed by atoms with van der Waals surface area (Å²) in [5.74, 6) is 0. The lowest BCUT2D eigenvalue weighted by Gasteiger charge is -2.09. The monoisotopic (exact) mass is 432 g/mol. The zero-order chi connectivity index (χ0) is 18.9. The molecule has 2 fully saturated rings. The molecule has 0 N–H and O–H groups in total. The minimum atomic E-state index is 0.242. The van der Waals surface area contributed by atoms with Crippen LogP contribution in [0.15, 0.2) is 59.3 Å². The van der Waals surface area contributed by atoms with Gasteiger partial charge in [-0.3, -0.25) is 0 Å². The number of thiophene rings is 3. The van der Waals surface area contributed by atoms with Gasteiger partial charge < -0.3 is 9.47 Å². The molecule has 5 heteroatoms. The lowest BCUT2D eigenvalue weighted by Crippen LogP contribution is -1.88. The molecule has 2 unspecified atom stereocenters. The highest BCUT2D eigenvalue weighted by Crippen LogP contribution is 2.48. The van der Waals surface area contributed by atoms with E-state index in [0.29, 0.717) is 0 Å². The summed E-state index contributed by atoms with van der Waals surface area (Å²) < 4.78 is 14.1. The fraction of sp³-hybridized carbons (Fsp3) is 0.167. The molecule has 142 valence electrons. The molecule has 3 aromatic heterocycles. The van der Waals surface area contributed by atoms with Crippen molar-refractivity contribution in [2.45, 2.75) is 12.2 Å². The van der Waals surface area contributed by atoms with Crippen LogP contribution in [0.3, 0.4) is 0 Å². The minimum absolute atomic E-state index is 0.242. The van der Waals surface area contributed by atoms with Crippen LogP contribution in [0.5, 0.6) is 0 Å². The molecule has 0 bridgehead atoms. The number of benzene rings is 2. The van der Waals surface area contributed by atoms with Crippen LogP contribution in [0.25, 0.3) is 41.1 Å². The van der Waals surface area contributed by atoms with Crippen LogP contribution in [0.4, 0.5) is 0 Å². The largest absolute Gasteiger partial charge is 0.368 e. The van der Waals surface area contributed by atoms with E-state index in [4.69, 9.17) is 9.47 Å². The third kappa shape index (κ3) is 2.66. The lowest BCUT2D eigenvalue weighted by atomic mass is 9.99. The molecule has 2 aliphatic rings. The van der Waals surface area contributed by atoms with Crippen LogP contribution in [-0.4, -0.2) is 13.2 Å². The molecule has 0 spiro atoms. The average molecular weight is 433 g/mol. The smallest absolute Gasteiger partial charge is 0.107 e. The van der Waals surface area contributed by atoms with Gasteiger partial charge in [-0.15, -0.1) is 34.0 Å². The van der Waals surface area contributed by atoms with Gasteiger partial charge in [0.1, 0.15) is 12.2 Å². The highest BCUT2D eigenvalue weighted by Gasteiger charge is 2.32. The van der Waals surface area contributed by atoms with Gasteiger partial charge in [0.15, 0.2) is 0 Å². The molecule has 0 radical (unpaired) electrons. The van der Waals surface area contributed by atoms with E-state index in [1.165, 1.54) is 52.2 Å². The van der Waals surface area contributed by atoms with Crippen LogP contribution in [0.1, 0.15) is 23.3 Å². The Morgan fingerprint density at radius 1 is 0.621 bits per heavy atom. The van der Waals surface area contributed by atoms with Gasteiger partial charge in [0.25, 0.3) is 0 Å². The Hall–Kier alpha value is -2.02. The van der Waals surface area contributed by atoms with Crippen LogP contribution >= 0.6 is 34.0 Å². The van der Waals surface area contributed by atoms with E-state index in [1.54, 1.807) is 22.7 Å². The third-order valence-electron chi connectivity index (χ3n) is 5.80. The molecule has 2 nitrogen and oxygen atoms in total. The number of ether oxygens (including phenoxy) is 2. The molecule has 0 saturated carbocycles. The molecule has 2 saturated heterocycles. The number of hydrogen-bond donors (Lipinski definition) is 0. The fourth-order valence-corrected chi connectivity index (χ4v) is 7.00. The summed E-state index contributed by atoms with van der Waals surface area (Å²) in [6, 6.07) is 18.1. The van der Waals surface area contributed by atoms with Crippen molar-refractivity contribution in [1.82, 2.24) is 0 Å². The summed E-state index contributed by atoms with van der Waals surface area (Å²) in [4.78, 5) is 2.62. The molecule has 0 aliphatic carbocycles. The van der Waals surface area contributed by atoms with E-state index in [1.807, 2.05) is 11.3 Å². The highest BCUT2D eigenvalue weighted by atomic mass is 32.1. The zero-order valence-electron chi connectivity index (χ0n) is 15.4. The highest BCUT2D eigenvalue weighted by molar-refractivity contribution is 7.19. The maximum Gasteiger partial charge on any atom is 0.107 e. The third-order valence-corrected chi connectivity index (χ3v) is 8.72. The Balaban J connectivity index is 1.40. The average Bonchev–Trinajstić information content (AvgIpc) is 3.60. The van der Waals surface area contributed by atoms with E-state index in [9.17, 15) is 0 Å². The van der Waals surface area contributed by atoms with E-state index in [2.05, 4.69) is 59.3 Å². The van der Waals surface area contributed by atoms with Gasteiger partial charge in [-0.1, -0.05) is 12.1 Å². The van der Waals surface area contributed by atoms with E-state index in [0.717, 1.165) is 13.2 Å². The SMILES string of the molecule is c1cc2c(C3CO3)c(-c3ccc(-c4ccc5sccc5c4C4CO4)s3)ccc2s1. The summed E-state index contributed by atoms with van der Waals surface area (Å²) >= 11 is 5.48. The van der Waals surface area contributed by atoms with Gasteiger partial charge in [0.2, 0.25) is 0 Å². The molecular weight excluding hydrogens is 416 g/mol. The normalized spacial score (nSPS) is 20.6. The first-order chi connectivity index (χ1) is 14.4. The summed E-state index contributed by atoms with van der Waals surface area (Å²) in [7, 11) is 0. The van der Waals surface area contributed by atoms with Crippen molar-refractivity contribution in [2.24, 2.45) is 0 Å². The first kappa shape index (κ1) is 16.7. The first-order valence-corrected chi connectivity index (χ1v) is 12.3. The molecule has 2 atom stereocenters. The number of fused-ring (bicyclic) bond motifs is 2. The van der Waals surface area contributed by atoms with E-state index >= 15 is 0 Å². The second-order valence-corrected chi connectivity index (χ2v) is 10.5. The van der Waals surface area contributed by atoms with Crippen LogP contribution in [0, 0.1) is 0 Å². The molecule has 5 aromatic rings. The van der Waals surface area contributed by atoms with Gasteiger partial charge in [0, 0.05) is 30.3 Å². The van der Waals surface area contributed by atoms with Crippen molar-refractivity contribution < 1.29 is 9.47 Å². The molecule has 2 aromatic carbocycles. The number of hydrogen-bond acceptors (Lipinski definition) is 5. The van der Waals surface area contributed by atoms with Gasteiger partial charge >= 0.3 is 0 Å². The van der Waals surface area contributed by atoms with E-state index < -0.39 is 0 Å². The van der Waals surface area contributed by atoms with E-state index in [-0.39, 0.29) is 12.2 Å². The summed E-state index contributed by atoms with van der Waals surface area (Å²) in [5, 5.41) is 7.05. The summed E-state index contributed by atoms with van der Waals surface area (Å²) in [6.07, 6.45) is 0.484. The molecule has 2 aliphatic heterocycles. The molecule has 29 heavy (non-hydrogen) atoms. The summed E-state index contributed by atoms with van der Waals surface area (Å²) in [5.41, 5.74) is 5.35. The predicted octanol–water partition coefficient (Wildman–Crippen LogP) is 7.65. The van der Waals surface area contributed by atoms with Crippen molar-refractivity contribution in [3.05, 3.63) is 70.4 Å². The van der Waals surface area contributed by atoms with Gasteiger partial charge in [-0.05, 0) is 69.1 Å². The first-order valence-electron chi connectivity index (χ1n) is 9.71. The standard InChI is InChI=1S/C24H16O2S3/c1-3-19-15(7-9-27-19)23(17-11-25-17)13(1)21-5-6-22(29-21)14-2-4-20-16(8-10-28-20)24(14)18-12-26-18/h1-10,17-18H,11-12H2. The molecular formula is C24H16O2S3. The number of rotatable bonds is 4. The van der Waals surface area contributed by atoms with Crippen LogP contribution < -0.4 is 0 Å². The van der Waals surface area contributed by atoms with Gasteiger partial charge in [-0.2, -0.15) is 0 Å². The van der Waals surface area contributed by atoms with Crippen LogP contribution in [-0.2, 0) is 9.47 Å². The Bertz CT molecular complexity index is 1280. The Labute approximate surface area is 180 Å². The van der Waals surface area contributed by atoms with Crippen molar-refractivity contribution in [3.8, 4) is 20.9 Å². The zero-order valence-corrected chi connectivity index (χ0v) is 17.8. The van der Waals surface area contributed by atoms with Crippen molar-refractivity contribution in [1.29, 1.82) is 0 Å². The maximum absolute atomic E-state index is 5.72.